The minimum absolute atomic E-state index is 0.747. The van der Waals surface area contributed by atoms with E-state index in [4.69, 9.17) is 0 Å². The molecule has 3 aromatic rings. The van der Waals surface area contributed by atoms with Gasteiger partial charge in [-0.15, -0.1) is 0 Å². The SMILES string of the molecule is c1ccc(CN2CC[C@@H]3C[Si](c4ccccc4)(c4ccccc4)C[C@@H]32)cc1. The molecular weight excluding hydrogens is 342 g/mol. The van der Waals surface area contributed by atoms with Crippen LogP contribution in [0.4, 0.5) is 0 Å². The Morgan fingerprint density at radius 2 is 1.26 bits per heavy atom. The van der Waals surface area contributed by atoms with Gasteiger partial charge in [0.15, 0.2) is 0 Å². The molecule has 0 aliphatic carbocycles. The molecule has 27 heavy (non-hydrogen) atoms. The molecule has 0 saturated carbocycles. The average molecular weight is 370 g/mol. The van der Waals surface area contributed by atoms with Gasteiger partial charge >= 0.3 is 0 Å². The maximum absolute atomic E-state index is 2.78. The van der Waals surface area contributed by atoms with Crippen molar-refractivity contribution in [2.75, 3.05) is 6.54 Å². The zero-order valence-electron chi connectivity index (χ0n) is 15.8. The number of fused-ring (bicyclic) bond motifs is 1. The van der Waals surface area contributed by atoms with Gasteiger partial charge in [-0.05, 0) is 36.5 Å². The molecule has 1 nitrogen and oxygen atoms in total. The van der Waals surface area contributed by atoms with Crippen LogP contribution in [0, 0.1) is 5.92 Å². The van der Waals surface area contributed by atoms with Crippen molar-refractivity contribution in [1.82, 2.24) is 4.90 Å². The normalized spacial score (nSPS) is 24.0. The molecule has 0 amide bonds. The number of hydrogen-bond acceptors (Lipinski definition) is 1. The summed E-state index contributed by atoms with van der Waals surface area (Å²) >= 11 is 0. The minimum Gasteiger partial charge on any atom is -0.296 e. The van der Waals surface area contributed by atoms with Crippen LogP contribution in [0.3, 0.4) is 0 Å². The first-order chi connectivity index (χ1) is 13.4. The largest absolute Gasteiger partial charge is 0.296 e. The summed E-state index contributed by atoms with van der Waals surface area (Å²) in [4.78, 5) is 2.78. The molecule has 2 heteroatoms. The standard InChI is InChI=1S/C25H27NSi/c1-4-10-21(11-5-1)18-26-17-16-22-19-27(20-25(22)26,23-12-6-2-7-13-23)24-14-8-3-9-15-24/h1-15,22,25H,16-20H2/t22-,25+/m1/s1. The molecule has 2 aliphatic rings. The Morgan fingerprint density at radius 1 is 0.704 bits per heavy atom. The summed E-state index contributed by atoms with van der Waals surface area (Å²) < 4.78 is 0. The predicted octanol–water partition coefficient (Wildman–Crippen LogP) is 4.15. The van der Waals surface area contributed by atoms with Gasteiger partial charge in [-0.25, -0.2) is 0 Å². The van der Waals surface area contributed by atoms with Crippen molar-refractivity contribution in [2.24, 2.45) is 5.92 Å². The Hall–Kier alpha value is -2.16. The van der Waals surface area contributed by atoms with E-state index in [1.54, 1.807) is 10.4 Å². The first-order valence-corrected chi connectivity index (χ1v) is 12.7. The van der Waals surface area contributed by atoms with Gasteiger partial charge in [-0.1, -0.05) is 101 Å². The van der Waals surface area contributed by atoms with E-state index in [0.717, 1.165) is 18.5 Å². The lowest BCUT2D eigenvalue weighted by molar-refractivity contribution is 0.246. The van der Waals surface area contributed by atoms with Gasteiger partial charge in [0.2, 0.25) is 0 Å². The van der Waals surface area contributed by atoms with Crippen molar-refractivity contribution in [1.29, 1.82) is 0 Å². The van der Waals surface area contributed by atoms with Gasteiger partial charge < -0.3 is 0 Å². The Morgan fingerprint density at radius 3 is 1.85 bits per heavy atom. The predicted molar refractivity (Wildman–Crippen MR) is 116 cm³/mol. The molecule has 3 aromatic carbocycles. The van der Waals surface area contributed by atoms with Crippen LogP contribution in [0.25, 0.3) is 0 Å². The summed E-state index contributed by atoms with van der Waals surface area (Å²) in [5.74, 6) is 0.862. The van der Waals surface area contributed by atoms with E-state index >= 15 is 0 Å². The quantitative estimate of drug-likeness (QED) is 0.624. The summed E-state index contributed by atoms with van der Waals surface area (Å²) in [6.45, 7) is 2.37. The zero-order valence-corrected chi connectivity index (χ0v) is 16.8. The molecule has 0 radical (unpaired) electrons. The van der Waals surface area contributed by atoms with Crippen LogP contribution in [0.2, 0.25) is 12.1 Å². The molecule has 5 rings (SSSR count). The molecule has 0 bridgehead atoms. The number of hydrogen-bond donors (Lipinski definition) is 0. The summed E-state index contributed by atoms with van der Waals surface area (Å²) in [5, 5.41) is 3.26. The molecule has 2 aliphatic heterocycles. The third-order valence-electron chi connectivity index (χ3n) is 6.85. The van der Waals surface area contributed by atoms with Crippen LogP contribution < -0.4 is 10.4 Å². The van der Waals surface area contributed by atoms with E-state index in [0.29, 0.717) is 0 Å². The third kappa shape index (κ3) is 3.07. The first kappa shape index (κ1) is 17.0. The zero-order chi connectivity index (χ0) is 18.1. The van der Waals surface area contributed by atoms with Gasteiger partial charge in [0, 0.05) is 12.6 Å². The van der Waals surface area contributed by atoms with Crippen molar-refractivity contribution in [3.8, 4) is 0 Å². The van der Waals surface area contributed by atoms with Crippen molar-refractivity contribution < 1.29 is 0 Å². The number of benzene rings is 3. The van der Waals surface area contributed by atoms with Crippen LogP contribution in [0.1, 0.15) is 12.0 Å². The van der Waals surface area contributed by atoms with E-state index in [9.17, 15) is 0 Å². The summed E-state index contributed by atoms with van der Waals surface area (Å²) in [6.07, 6.45) is 1.37. The molecule has 0 spiro atoms. The second kappa shape index (κ2) is 7.10. The highest BCUT2D eigenvalue weighted by Crippen LogP contribution is 2.44. The molecule has 2 atom stereocenters. The Kier molecular flexibility index (Phi) is 4.46. The maximum Gasteiger partial charge on any atom is 0.120 e. The number of rotatable bonds is 4. The lowest BCUT2D eigenvalue weighted by Crippen LogP contribution is -2.57. The van der Waals surface area contributed by atoms with Gasteiger partial charge in [-0.2, -0.15) is 0 Å². The lowest BCUT2D eigenvalue weighted by atomic mass is 10.1. The van der Waals surface area contributed by atoms with E-state index in [1.165, 1.54) is 30.6 Å². The van der Waals surface area contributed by atoms with Crippen LogP contribution in [0.5, 0.6) is 0 Å². The first-order valence-electron chi connectivity index (χ1n) is 10.2. The summed E-state index contributed by atoms with van der Waals surface area (Å²) in [5.41, 5.74) is 1.46. The molecule has 136 valence electrons. The van der Waals surface area contributed by atoms with Crippen molar-refractivity contribution >= 4 is 18.4 Å². The molecule has 0 aromatic heterocycles. The summed E-state index contributed by atoms with van der Waals surface area (Å²) in [7, 11) is -1.68. The fourth-order valence-corrected chi connectivity index (χ4v) is 11.4. The highest BCUT2D eigenvalue weighted by Gasteiger charge is 2.52. The monoisotopic (exact) mass is 369 g/mol. The second-order valence-corrected chi connectivity index (χ2v) is 12.4. The molecular formula is C25H27NSi. The van der Waals surface area contributed by atoms with E-state index in [1.807, 2.05) is 0 Å². The van der Waals surface area contributed by atoms with Crippen LogP contribution in [-0.4, -0.2) is 25.6 Å². The van der Waals surface area contributed by atoms with Crippen LogP contribution >= 0.6 is 0 Å². The summed E-state index contributed by atoms with van der Waals surface area (Å²) in [6, 6.07) is 37.5. The Bertz CT molecular complexity index is 838. The molecule has 0 unspecified atom stereocenters. The van der Waals surface area contributed by atoms with Crippen LogP contribution in [-0.2, 0) is 6.54 Å². The molecule has 2 saturated heterocycles. The fourth-order valence-electron chi connectivity index (χ4n) is 5.58. The van der Waals surface area contributed by atoms with E-state index in [2.05, 4.69) is 95.9 Å². The van der Waals surface area contributed by atoms with Gasteiger partial charge in [0.1, 0.15) is 8.07 Å². The molecule has 0 N–H and O–H groups in total. The number of likely N-dealkylation sites (tertiary alicyclic amines) is 1. The van der Waals surface area contributed by atoms with Crippen molar-refractivity contribution in [3.05, 3.63) is 96.6 Å². The molecule has 2 heterocycles. The smallest absolute Gasteiger partial charge is 0.120 e. The second-order valence-electron chi connectivity index (χ2n) is 8.29. The minimum atomic E-state index is -1.68. The van der Waals surface area contributed by atoms with Gasteiger partial charge in [0.25, 0.3) is 0 Å². The Labute approximate surface area is 163 Å². The maximum atomic E-state index is 2.78. The van der Waals surface area contributed by atoms with Gasteiger partial charge in [0.05, 0.1) is 0 Å². The average Bonchev–Trinajstić information content (AvgIpc) is 3.30. The third-order valence-corrected chi connectivity index (χ3v) is 12.1. The van der Waals surface area contributed by atoms with Crippen molar-refractivity contribution in [2.45, 2.75) is 31.1 Å². The lowest BCUT2D eigenvalue weighted by Gasteiger charge is -2.31. The molecule has 2 fully saturated rings. The van der Waals surface area contributed by atoms with E-state index < -0.39 is 8.07 Å². The van der Waals surface area contributed by atoms with Crippen LogP contribution in [0.15, 0.2) is 91.0 Å². The highest BCUT2D eigenvalue weighted by molar-refractivity contribution is 7.03. The topological polar surface area (TPSA) is 3.24 Å². The number of nitrogens with zero attached hydrogens (tertiary/aromatic N) is 1. The van der Waals surface area contributed by atoms with Crippen molar-refractivity contribution in [3.63, 3.8) is 0 Å². The highest BCUT2D eigenvalue weighted by atomic mass is 28.3. The van der Waals surface area contributed by atoms with Gasteiger partial charge in [-0.3, -0.25) is 4.90 Å². The fraction of sp³-hybridized carbons (Fsp3) is 0.280. The Balaban J connectivity index is 1.49. The van der Waals surface area contributed by atoms with E-state index in [-0.39, 0.29) is 0 Å².